The summed E-state index contributed by atoms with van der Waals surface area (Å²) in [6, 6.07) is 9.67. The van der Waals surface area contributed by atoms with Crippen LogP contribution >= 0.6 is 0 Å². The number of carbonyl (C=O) groups is 1. The van der Waals surface area contributed by atoms with E-state index in [9.17, 15) is 14.3 Å². The molecule has 1 N–H and O–H groups in total. The van der Waals surface area contributed by atoms with Crippen LogP contribution in [0.5, 0.6) is 11.5 Å². The fourth-order valence-corrected chi connectivity index (χ4v) is 1.94. The van der Waals surface area contributed by atoms with Crippen LogP contribution < -0.4 is 4.74 Å². The zero-order valence-corrected chi connectivity index (χ0v) is 10.4. The van der Waals surface area contributed by atoms with Crippen molar-refractivity contribution in [2.45, 2.75) is 6.42 Å². The van der Waals surface area contributed by atoms with Crippen molar-refractivity contribution in [3.63, 3.8) is 0 Å². The maximum Gasteiger partial charge on any atom is 0.176 e. The molecule has 98 valence electrons. The van der Waals surface area contributed by atoms with Gasteiger partial charge in [-0.25, -0.2) is 4.39 Å². The van der Waals surface area contributed by atoms with Crippen LogP contribution in [0.25, 0.3) is 11.1 Å². The summed E-state index contributed by atoms with van der Waals surface area (Å²) >= 11 is 0. The number of methoxy groups -OCH3 is 1. The fraction of sp³-hybridized carbons (Fsp3) is 0.133. The van der Waals surface area contributed by atoms with Crippen molar-refractivity contribution in [3.8, 4) is 22.6 Å². The molecule has 0 atom stereocenters. The number of hydrogen-bond donors (Lipinski definition) is 1. The third-order valence-corrected chi connectivity index (χ3v) is 2.84. The first-order valence-corrected chi connectivity index (χ1v) is 5.75. The van der Waals surface area contributed by atoms with E-state index >= 15 is 0 Å². The molecule has 0 saturated heterocycles. The molecule has 0 aromatic heterocycles. The van der Waals surface area contributed by atoms with Gasteiger partial charge in [0.1, 0.15) is 12.0 Å². The second-order valence-electron chi connectivity index (χ2n) is 4.05. The van der Waals surface area contributed by atoms with Gasteiger partial charge in [0.15, 0.2) is 11.6 Å². The Morgan fingerprint density at radius 3 is 2.79 bits per heavy atom. The van der Waals surface area contributed by atoms with Crippen LogP contribution in [-0.4, -0.2) is 18.5 Å². The first kappa shape index (κ1) is 13.1. The van der Waals surface area contributed by atoms with Crippen molar-refractivity contribution in [1.82, 2.24) is 0 Å². The third kappa shape index (κ3) is 2.57. The van der Waals surface area contributed by atoms with E-state index in [-0.39, 0.29) is 12.0 Å². The SMILES string of the molecule is COc1ccc(O)c(F)c1-c1cccc(CC=O)c1. The van der Waals surface area contributed by atoms with Crippen LogP contribution in [0.3, 0.4) is 0 Å². The van der Waals surface area contributed by atoms with Crippen molar-refractivity contribution in [3.05, 3.63) is 47.8 Å². The summed E-state index contributed by atoms with van der Waals surface area (Å²) in [6.45, 7) is 0. The highest BCUT2D eigenvalue weighted by Gasteiger charge is 2.15. The molecule has 0 saturated carbocycles. The van der Waals surface area contributed by atoms with Crippen LogP contribution in [0.1, 0.15) is 5.56 Å². The van der Waals surface area contributed by atoms with Crippen molar-refractivity contribution in [2.75, 3.05) is 7.11 Å². The molecule has 3 nitrogen and oxygen atoms in total. The second-order valence-corrected chi connectivity index (χ2v) is 4.05. The first-order chi connectivity index (χ1) is 9.17. The summed E-state index contributed by atoms with van der Waals surface area (Å²) in [4.78, 5) is 10.5. The molecule has 0 heterocycles. The Kier molecular flexibility index (Phi) is 3.80. The van der Waals surface area contributed by atoms with E-state index in [2.05, 4.69) is 0 Å². The first-order valence-electron chi connectivity index (χ1n) is 5.75. The van der Waals surface area contributed by atoms with Gasteiger partial charge in [0.05, 0.1) is 12.7 Å². The minimum Gasteiger partial charge on any atom is -0.505 e. The topological polar surface area (TPSA) is 46.5 Å². The number of hydrogen-bond acceptors (Lipinski definition) is 3. The van der Waals surface area contributed by atoms with E-state index in [1.165, 1.54) is 19.2 Å². The number of aromatic hydroxyl groups is 1. The number of rotatable bonds is 4. The highest BCUT2D eigenvalue weighted by atomic mass is 19.1. The lowest BCUT2D eigenvalue weighted by molar-refractivity contribution is -0.107. The smallest absolute Gasteiger partial charge is 0.176 e. The summed E-state index contributed by atoms with van der Waals surface area (Å²) < 4.78 is 19.2. The molecule has 0 aliphatic carbocycles. The molecule has 0 unspecified atom stereocenters. The van der Waals surface area contributed by atoms with Gasteiger partial charge in [-0.2, -0.15) is 0 Å². The van der Waals surface area contributed by atoms with Gasteiger partial charge in [-0.1, -0.05) is 24.3 Å². The lowest BCUT2D eigenvalue weighted by Crippen LogP contribution is -1.94. The Balaban J connectivity index is 2.60. The summed E-state index contributed by atoms with van der Waals surface area (Å²) in [7, 11) is 1.44. The van der Waals surface area contributed by atoms with Gasteiger partial charge in [-0.15, -0.1) is 0 Å². The molecular weight excluding hydrogens is 247 g/mol. The van der Waals surface area contributed by atoms with Gasteiger partial charge < -0.3 is 14.6 Å². The zero-order valence-electron chi connectivity index (χ0n) is 10.4. The molecule has 0 bridgehead atoms. The molecule has 2 rings (SSSR count). The quantitative estimate of drug-likeness (QED) is 0.860. The Labute approximate surface area is 110 Å². The van der Waals surface area contributed by atoms with E-state index in [1.807, 2.05) is 0 Å². The Morgan fingerprint density at radius 1 is 1.32 bits per heavy atom. The van der Waals surface area contributed by atoms with Crippen LogP contribution in [0.4, 0.5) is 4.39 Å². The molecule has 19 heavy (non-hydrogen) atoms. The Bertz CT molecular complexity index is 608. The van der Waals surface area contributed by atoms with Gasteiger partial charge in [0.2, 0.25) is 0 Å². The molecule has 0 radical (unpaired) electrons. The van der Waals surface area contributed by atoms with Crippen molar-refractivity contribution >= 4 is 6.29 Å². The molecule has 2 aromatic rings. The molecular formula is C15H13FO3. The van der Waals surface area contributed by atoms with Crippen molar-refractivity contribution in [1.29, 1.82) is 0 Å². The van der Waals surface area contributed by atoms with E-state index in [1.54, 1.807) is 24.3 Å². The third-order valence-electron chi connectivity index (χ3n) is 2.84. The minimum atomic E-state index is -0.734. The summed E-state index contributed by atoms with van der Waals surface area (Å²) in [6.07, 6.45) is 1.05. The van der Waals surface area contributed by atoms with Crippen LogP contribution in [0.15, 0.2) is 36.4 Å². The maximum atomic E-state index is 14.1. The van der Waals surface area contributed by atoms with Crippen LogP contribution in [0, 0.1) is 5.82 Å². The predicted molar refractivity (Wildman–Crippen MR) is 69.8 cm³/mol. The number of ether oxygens (including phenoxy) is 1. The molecule has 0 spiro atoms. The molecule has 0 aliphatic rings. The second kappa shape index (κ2) is 5.52. The number of phenols is 1. The van der Waals surface area contributed by atoms with E-state index in [4.69, 9.17) is 4.74 Å². The van der Waals surface area contributed by atoms with E-state index in [0.29, 0.717) is 11.3 Å². The van der Waals surface area contributed by atoms with Gasteiger partial charge >= 0.3 is 0 Å². The summed E-state index contributed by atoms with van der Waals surface area (Å²) in [5, 5.41) is 9.47. The predicted octanol–water partition coefficient (Wildman–Crippen LogP) is 2.95. The molecule has 2 aromatic carbocycles. The average molecular weight is 260 g/mol. The highest BCUT2D eigenvalue weighted by molar-refractivity contribution is 5.74. The lowest BCUT2D eigenvalue weighted by atomic mass is 10.00. The van der Waals surface area contributed by atoms with E-state index < -0.39 is 11.6 Å². The highest BCUT2D eigenvalue weighted by Crippen LogP contribution is 2.36. The van der Waals surface area contributed by atoms with Gasteiger partial charge in [-0.05, 0) is 23.3 Å². The molecule has 0 aliphatic heterocycles. The Morgan fingerprint density at radius 2 is 2.11 bits per heavy atom. The van der Waals surface area contributed by atoms with E-state index in [0.717, 1.165) is 11.8 Å². The lowest BCUT2D eigenvalue weighted by Gasteiger charge is -2.11. The molecule has 0 fully saturated rings. The van der Waals surface area contributed by atoms with Crippen LogP contribution in [0.2, 0.25) is 0 Å². The largest absolute Gasteiger partial charge is 0.505 e. The normalized spacial score (nSPS) is 10.2. The van der Waals surface area contributed by atoms with Gasteiger partial charge in [-0.3, -0.25) is 0 Å². The monoisotopic (exact) mass is 260 g/mol. The molecule has 0 amide bonds. The van der Waals surface area contributed by atoms with Crippen molar-refractivity contribution < 1.29 is 19.0 Å². The number of aldehydes is 1. The maximum absolute atomic E-state index is 14.1. The van der Waals surface area contributed by atoms with Gasteiger partial charge in [0.25, 0.3) is 0 Å². The zero-order chi connectivity index (χ0) is 13.8. The molecule has 4 heteroatoms. The fourth-order valence-electron chi connectivity index (χ4n) is 1.94. The standard InChI is InChI=1S/C15H13FO3/c1-19-13-6-5-12(18)15(16)14(13)11-4-2-3-10(9-11)7-8-17/h2-6,8-9,18H,7H2,1H3. The minimum absolute atomic E-state index is 0.190. The summed E-state index contributed by atoms with van der Waals surface area (Å²) in [5.74, 6) is -0.835. The van der Waals surface area contributed by atoms with Crippen molar-refractivity contribution in [2.24, 2.45) is 0 Å². The number of carbonyl (C=O) groups excluding carboxylic acids is 1. The summed E-state index contributed by atoms with van der Waals surface area (Å²) in [5.41, 5.74) is 1.53. The van der Waals surface area contributed by atoms with Crippen LogP contribution in [-0.2, 0) is 11.2 Å². The average Bonchev–Trinajstić information content (AvgIpc) is 2.42. The number of benzene rings is 2. The Hall–Kier alpha value is -2.36. The number of halogens is 1. The van der Waals surface area contributed by atoms with Gasteiger partial charge in [0, 0.05) is 6.42 Å². The number of phenolic OH excluding ortho intramolecular Hbond substituents is 1.